The highest BCUT2D eigenvalue weighted by molar-refractivity contribution is 6.30. The van der Waals surface area contributed by atoms with E-state index in [2.05, 4.69) is 9.97 Å². The number of aliphatic hydroxyl groups is 1. The minimum absolute atomic E-state index is 0.496. The van der Waals surface area contributed by atoms with Crippen molar-refractivity contribution < 1.29 is 5.11 Å². The monoisotopic (exact) mass is 332 g/mol. The highest BCUT2D eigenvalue weighted by Crippen LogP contribution is 2.27. The molecule has 2 aromatic carbocycles. The average molecular weight is 333 g/mol. The second kappa shape index (κ2) is 6.13. The van der Waals surface area contributed by atoms with Crippen LogP contribution in [0.1, 0.15) is 23.1 Å². The summed E-state index contributed by atoms with van der Waals surface area (Å²) < 4.78 is 0. The van der Waals surface area contributed by atoms with Crippen molar-refractivity contribution in [3.05, 3.63) is 75.7 Å². The molecule has 3 aromatic rings. The maximum Gasteiger partial charge on any atom is 0.140 e. The van der Waals surface area contributed by atoms with Crippen LogP contribution in [0.5, 0.6) is 0 Å². The van der Waals surface area contributed by atoms with E-state index < -0.39 is 6.10 Å². The number of rotatable bonds is 3. The fourth-order valence-corrected chi connectivity index (χ4v) is 2.70. The highest BCUT2D eigenvalue weighted by atomic mass is 35.5. The number of hydrogen-bond acceptors (Lipinski definition) is 2. The number of benzene rings is 2. The molecule has 1 unspecified atom stereocenters. The van der Waals surface area contributed by atoms with E-state index in [-0.39, 0.29) is 0 Å². The number of nitrogens with zero attached hydrogens (tertiary/aromatic N) is 1. The Morgan fingerprint density at radius 1 is 1.05 bits per heavy atom. The molecule has 0 aliphatic heterocycles. The summed E-state index contributed by atoms with van der Waals surface area (Å²) in [6.07, 6.45) is 0.880. The molecular formula is C17H14Cl2N2O. The molecule has 1 heterocycles. The van der Waals surface area contributed by atoms with Gasteiger partial charge in [0.05, 0.1) is 11.9 Å². The zero-order chi connectivity index (χ0) is 15.7. The Morgan fingerprint density at radius 2 is 1.73 bits per heavy atom. The Hall–Kier alpha value is -1.81. The minimum Gasteiger partial charge on any atom is -0.380 e. The van der Waals surface area contributed by atoms with Crippen LogP contribution in [0, 0.1) is 6.92 Å². The maximum absolute atomic E-state index is 10.5. The molecular weight excluding hydrogens is 319 g/mol. The standard InChI is InChI=1S/C17H14Cl2N2O/c1-10-8-13(19)6-7-14(10)16(22)17-20-9-15(21-17)11-2-4-12(18)5-3-11/h2-9,16,22H,1H3,(H,20,21). The van der Waals surface area contributed by atoms with Gasteiger partial charge in [-0.3, -0.25) is 0 Å². The number of aromatic amines is 1. The molecule has 2 N–H and O–H groups in total. The zero-order valence-corrected chi connectivity index (χ0v) is 13.4. The summed E-state index contributed by atoms with van der Waals surface area (Å²) in [5.41, 5.74) is 3.49. The lowest BCUT2D eigenvalue weighted by Gasteiger charge is -2.11. The largest absolute Gasteiger partial charge is 0.380 e. The lowest BCUT2D eigenvalue weighted by molar-refractivity contribution is 0.210. The molecule has 1 aromatic heterocycles. The molecule has 112 valence electrons. The number of imidazole rings is 1. The van der Waals surface area contributed by atoms with Crippen molar-refractivity contribution in [2.24, 2.45) is 0 Å². The third-order valence-corrected chi connectivity index (χ3v) is 4.02. The van der Waals surface area contributed by atoms with Crippen molar-refractivity contribution in [3.8, 4) is 11.3 Å². The summed E-state index contributed by atoms with van der Waals surface area (Å²) >= 11 is 11.8. The maximum atomic E-state index is 10.5. The number of hydrogen-bond donors (Lipinski definition) is 2. The normalized spacial score (nSPS) is 12.4. The summed E-state index contributed by atoms with van der Waals surface area (Å²) in [7, 11) is 0. The predicted molar refractivity (Wildman–Crippen MR) is 89.3 cm³/mol. The number of aromatic nitrogens is 2. The summed E-state index contributed by atoms with van der Waals surface area (Å²) in [6.45, 7) is 1.91. The van der Waals surface area contributed by atoms with Gasteiger partial charge in [-0.2, -0.15) is 0 Å². The number of aryl methyl sites for hydroxylation is 1. The van der Waals surface area contributed by atoms with E-state index in [4.69, 9.17) is 23.2 Å². The van der Waals surface area contributed by atoms with Crippen molar-refractivity contribution in [3.63, 3.8) is 0 Å². The first kappa shape index (κ1) is 15.1. The molecule has 3 rings (SSSR count). The first-order valence-corrected chi connectivity index (χ1v) is 7.55. The Labute approximate surface area is 138 Å². The minimum atomic E-state index is -0.821. The van der Waals surface area contributed by atoms with Gasteiger partial charge in [-0.15, -0.1) is 0 Å². The van der Waals surface area contributed by atoms with Crippen molar-refractivity contribution in [1.29, 1.82) is 0 Å². The van der Waals surface area contributed by atoms with Crippen LogP contribution in [-0.4, -0.2) is 15.1 Å². The molecule has 0 saturated heterocycles. The summed E-state index contributed by atoms with van der Waals surface area (Å²) in [5.74, 6) is 0.496. The van der Waals surface area contributed by atoms with Gasteiger partial charge in [-0.05, 0) is 47.9 Å². The summed E-state index contributed by atoms with van der Waals surface area (Å²) in [5, 5.41) is 11.8. The van der Waals surface area contributed by atoms with E-state index in [9.17, 15) is 5.11 Å². The first-order chi connectivity index (χ1) is 10.5. The summed E-state index contributed by atoms with van der Waals surface area (Å²) in [6, 6.07) is 12.8. The van der Waals surface area contributed by atoms with Crippen LogP contribution in [0.2, 0.25) is 10.0 Å². The van der Waals surface area contributed by atoms with Crippen molar-refractivity contribution in [2.75, 3.05) is 0 Å². The van der Waals surface area contributed by atoms with Crippen molar-refractivity contribution in [1.82, 2.24) is 9.97 Å². The van der Waals surface area contributed by atoms with Crippen LogP contribution in [0.15, 0.2) is 48.7 Å². The van der Waals surface area contributed by atoms with E-state index in [1.54, 1.807) is 12.3 Å². The zero-order valence-electron chi connectivity index (χ0n) is 11.8. The lowest BCUT2D eigenvalue weighted by Crippen LogP contribution is -2.04. The predicted octanol–water partition coefficient (Wildman–Crippen LogP) is 4.77. The van der Waals surface area contributed by atoms with Gasteiger partial charge in [0.25, 0.3) is 0 Å². The number of aliphatic hydroxyl groups excluding tert-OH is 1. The van der Waals surface area contributed by atoms with Gasteiger partial charge < -0.3 is 10.1 Å². The van der Waals surface area contributed by atoms with E-state index in [1.165, 1.54) is 0 Å². The van der Waals surface area contributed by atoms with Gasteiger partial charge in [-0.1, -0.05) is 41.4 Å². The molecule has 0 aliphatic carbocycles. The van der Waals surface area contributed by atoms with Crippen molar-refractivity contribution >= 4 is 23.2 Å². The fraction of sp³-hybridized carbons (Fsp3) is 0.118. The third-order valence-electron chi connectivity index (χ3n) is 3.54. The van der Waals surface area contributed by atoms with Crippen LogP contribution in [0.3, 0.4) is 0 Å². The Balaban J connectivity index is 1.91. The molecule has 22 heavy (non-hydrogen) atoms. The number of H-pyrrole nitrogens is 1. The van der Waals surface area contributed by atoms with Gasteiger partial charge in [0.1, 0.15) is 11.9 Å². The third kappa shape index (κ3) is 3.02. The second-order valence-corrected chi connectivity index (χ2v) is 5.97. The molecule has 0 amide bonds. The molecule has 0 radical (unpaired) electrons. The SMILES string of the molecule is Cc1cc(Cl)ccc1C(O)c1ncc(-c2ccc(Cl)cc2)[nH]1. The molecule has 5 heteroatoms. The number of nitrogens with one attached hydrogen (secondary N) is 1. The first-order valence-electron chi connectivity index (χ1n) is 6.79. The quantitative estimate of drug-likeness (QED) is 0.725. The second-order valence-electron chi connectivity index (χ2n) is 5.09. The van der Waals surface area contributed by atoms with E-state index in [0.29, 0.717) is 15.9 Å². The topological polar surface area (TPSA) is 48.9 Å². The van der Waals surface area contributed by atoms with Gasteiger partial charge in [0.2, 0.25) is 0 Å². The van der Waals surface area contributed by atoms with Crippen LogP contribution >= 0.6 is 23.2 Å². The van der Waals surface area contributed by atoms with Crippen LogP contribution in [-0.2, 0) is 0 Å². The highest BCUT2D eigenvalue weighted by Gasteiger charge is 2.16. The van der Waals surface area contributed by atoms with E-state index in [1.807, 2.05) is 43.3 Å². The average Bonchev–Trinajstić information content (AvgIpc) is 2.97. The van der Waals surface area contributed by atoms with E-state index >= 15 is 0 Å². The molecule has 0 spiro atoms. The van der Waals surface area contributed by atoms with Crippen LogP contribution in [0.4, 0.5) is 0 Å². The molecule has 1 atom stereocenters. The van der Waals surface area contributed by atoms with Crippen molar-refractivity contribution in [2.45, 2.75) is 13.0 Å². The van der Waals surface area contributed by atoms with Gasteiger partial charge in [-0.25, -0.2) is 4.98 Å². The Morgan fingerprint density at radius 3 is 2.41 bits per heavy atom. The summed E-state index contributed by atoms with van der Waals surface area (Å²) in [4.78, 5) is 7.44. The molecule has 0 fully saturated rings. The fourth-order valence-electron chi connectivity index (χ4n) is 2.34. The number of halogens is 2. The van der Waals surface area contributed by atoms with Crippen LogP contribution in [0.25, 0.3) is 11.3 Å². The van der Waals surface area contributed by atoms with Gasteiger partial charge in [0.15, 0.2) is 0 Å². The molecule has 0 aliphatic rings. The molecule has 0 saturated carbocycles. The van der Waals surface area contributed by atoms with Gasteiger partial charge in [0, 0.05) is 10.0 Å². The lowest BCUT2D eigenvalue weighted by atomic mass is 10.0. The Kier molecular flexibility index (Phi) is 4.21. The molecule has 3 nitrogen and oxygen atoms in total. The smallest absolute Gasteiger partial charge is 0.140 e. The molecule has 0 bridgehead atoms. The van der Waals surface area contributed by atoms with Crippen LogP contribution < -0.4 is 0 Å². The Bertz CT molecular complexity index is 797. The van der Waals surface area contributed by atoms with E-state index in [0.717, 1.165) is 22.4 Å². The van der Waals surface area contributed by atoms with Gasteiger partial charge >= 0.3 is 0 Å².